The summed E-state index contributed by atoms with van der Waals surface area (Å²) in [5, 5.41) is 0. The van der Waals surface area contributed by atoms with Crippen molar-refractivity contribution in [1.29, 1.82) is 0 Å². The molecule has 1 saturated heterocycles. The maximum Gasteiger partial charge on any atom is 0.213 e. The molecule has 1 aromatic rings. The van der Waals surface area contributed by atoms with E-state index in [1.165, 1.54) is 25.7 Å². The van der Waals surface area contributed by atoms with E-state index >= 15 is 0 Å². The van der Waals surface area contributed by atoms with Gasteiger partial charge in [0.05, 0.1) is 6.54 Å². The van der Waals surface area contributed by atoms with E-state index in [2.05, 4.69) is 21.8 Å². The zero-order valence-corrected chi connectivity index (χ0v) is 16.8. The normalized spacial score (nSPS) is 22.3. The fraction of sp³-hybridized carbons (Fsp3) is 0.667. The van der Waals surface area contributed by atoms with Crippen LogP contribution < -0.4 is 10.5 Å². The molecule has 0 radical (unpaired) electrons. The van der Waals surface area contributed by atoms with Gasteiger partial charge in [-0.3, -0.25) is 0 Å². The standard InChI is InChI=1S/C18H28N4O.HI/c1-14-5-4-10-22(13-14)18(19)21-12-15-8-9-20-17(11-15)23-16-6-2-3-7-16;/h8-9,11,14,16H,2-7,10,12-13H2,1H3,(H2,19,21);1H. The lowest BCUT2D eigenvalue weighted by molar-refractivity contribution is 0.201. The molecule has 1 aromatic heterocycles. The first-order chi connectivity index (χ1) is 11.2. The number of likely N-dealkylation sites (tertiary alicyclic amines) is 1. The highest BCUT2D eigenvalue weighted by molar-refractivity contribution is 14.0. The smallest absolute Gasteiger partial charge is 0.213 e. The molecular formula is C18H29IN4O. The van der Waals surface area contributed by atoms with Crippen molar-refractivity contribution in [2.75, 3.05) is 13.1 Å². The maximum absolute atomic E-state index is 6.16. The van der Waals surface area contributed by atoms with Gasteiger partial charge in [0.1, 0.15) is 6.10 Å². The molecule has 3 rings (SSSR count). The Morgan fingerprint density at radius 2 is 2.12 bits per heavy atom. The lowest BCUT2D eigenvalue weighted by Crippen LogP contribution is -2.43. The second-order valence-electron chi connectivity index (χ2n) is 6.89. The first kappa shape index (κ1) is 19.3. The summed E-state index contributed by atoms with van der Waals surface area (Å²) in [6.45, 7) is 4.89. The van der Waals surface area contributed by atoms with Gasteiger partial charge in [0.25, 0.3) is 0 Å². The van der Waals surface area contributed by atoms with Crippen LogP contribution in [0.1, 0.15) is 51.0 Å². The van der Waals surface area contributed by atoms with Gasteiger partial charge in [0.15, 0.2) is 5.96 Å². The number of aromatic nitrogens is 1. The minimum atomic E-state index is 0. The van der Waals surface area contributed by atoms with Crippen LogP contribution in [-0.4, -0.2) is 35.0 Å². The number of ether oxygens (including phenoxy) is 1. The van der Waals surface area contributed by atoms with E-state index in [1.54, 1.807) is 6.20 Å². The lowest BCUT2D eigenvalue weighted by atomic mass is 10.0. The van der Waals surface area contributed by atoms with Crippen LogP contribution in [0, 0.1) is 5.92 Å². The monoisotopic (exact) mass is 444 g/mol. The Balaban J connectivity index is 0.00000208. The number of guanidine groups is 1. The summed E-state index contributed by atoms with van der Waals surface area (Å²) < 4.78 is 5.95. The molecule has 0 aromatic carbocycles. The van der Waals surface area contributed by atoms with Gasteiger partial charge in [0.2, 0.25) is 5.88 Å². The van der Waals surface area contributed by atoms with Crippen molar-refractivity contribution < 1.29 is 4.74 Å². The van der Waals surface area contributed by atoms with E-state index in [4.69, 9.17) is 10.5 Å². The minimum Gasteiger partial charge on any atom is -0.474 e. The summed E-state index contributed by atoms with van der Waals surface area (Å²) in [7, 11) is 0. The fourth-order valence-corrected chi connectivity index (χ4v) is 3.46. The van der Waals surface area contributed by atoms with Gasteiger partial charge in [-0.1, -0.05) is 6.92 Å². The molecule has 6 heteroatoms. The summed E-state index contributed by atoms with van der Waals surface area (Å²) in [6.07, 6.45) is 9.44. The molecule has 1 aliphatic heterocycles. The second kappa shape index (κ2) is 9.44. The van der Waals surface area contributed by atoms with Crippen molar-refractivity contribution in [3.8, 4) is 5.88 Å². The zero-order chi connectivity index (χ0) is 16.1. The van der Waals surface area contributed by atoms with Crippen molar-refractivity contribution in [3.05, 3.63) is 23.9 Å². The molecule has 2 aliphatic rings. The van der Waals surface area contributed by atoms with E-state index in [0.717, 1.165) is 37.4 Å². The fourth-order valence-electron chi connectivity index (χ4n) is 3.46. The molecule has 1 unspecified atom stereocenters. The van der Waals surface area contributed by atoms with Crippen LogP contribution in [0.2, 0.25) is 0 Å². The predicted octanol–water partition coefficient (Wildman–Crippen LogP) is 3.57. The number of hydrogen-bond acceptors (Lipinski definition) is 3. The largest absolute Gasteiger partial charge is 0.474 e. The number of nitrogens with two attached hydrogens (primary N) is 1. The number of halogens is 1. The van der Waals surface area contributed by atoms with E-state index in [0.29, 0.717) is 24.5 Å². The third-order valence-electron chi connectivity index (χ3n) is 4.79. The zero-order valence-electron chi connectivity index (χ0n) is 14.5. The second-order valence-corrected chi connectivity index (χ2v) is 6.89. The van der Waals surface area contributed by atoms with Gasteiger partial charge in [-0.15, -0.1) is 24.0 Å². The van der Waals surface area contributed by atoms with Crippen LogP contribution in [-0.2, 0) is 6.54 Å². The first-order valence-electron chi connectivity index (χ1n) is 8.87. The topological polar surface area (TPSA) is 63.7 Å². The Hall–Kier alpha value is -1.05. The van der Waals surface area contributed by atoms with Gasteiger partial charge in [0, 0.05) is 25.4 Å². The highest BCUT2D eigenvalue weighted by Crippen LogP contribution is 2.23. The summed E-state index contributed by atoms with van der Waals surface area (Å²) in [5.74, 6) is 2.08. The van der Waals surface area contributed by atoms with E-state index in [1.807, 2.05) is 12.1 Å². The van der Waals surface area contributed by atoms with Gasteiger partial charge >= 0.3 is 0 Å². The highest BCUT2D eigenvalue weighted by Gasteiger charge is 2.18. The quantitative estimate of drug-likeness (QED) is 0.438. The van der Waals surface area contributed by atoms with Gasteiger partial charge in [-0.25, -0.2) is 9.98 Å². The average molecular weight is 444 g/mol. The molecule has 24 heavy (non-hydrogen) atoms. The third-order valence-corrected chi connectivity index (χ3v) is 4.79. The van der Waals surface area contributed by atoms with Crippen molar-refractivity contribution >= 4 is 29.9 Å². The molecular weight excluding hydrogens is 415 g/mol. The molecule has 1 saturated carbocycles. The minimum absolute atomic E-state index is 0. The molecule has 2 fully saturated rings. The number of pyridine rings is 1. The van der Waals surface area contributed by atoms with Crippen LogP contribution in [0.15, 0.2) is 23.3 Å². The number of hydrogen-bond donors (Lipinski definition) is 1. The number of piperidine rings is 1. The SMILES string of the molecule is CC1CCCN(C(N)=NCc2ccnc(OC3CCCC3)c2)C1.I. The number of aliphatic imine (C=N–C) groups is 1. The maximum atomic E-state index is 6.16. The van der Waals surface area contributed by atoms with Crippen molar-refractivity contribution in [3.63, 3.8) is 0 Å². The van der Waals surface area contributed by atoms with Crippen LogP contribution in [0.5, 0.6) is 5.88 Å². The molecule has 0 bridgehead atoms. The third kappa shape index (κ3) is 5.50. The molecule has 2 heterocycles. The lowest BCUT2D eigenvalue weighted by Gasteiger charge is -2.31. The van der Waals surface area contributed by atoms with Crippen molar-refractivity contribution in [2.24, 2.45) is 16.6 Å². The molecule has 0 amide bonds. The van der Waals surface area contributed by atoms with Gasteiger partial charge in [-0.2, -0.15) is 0 Å². The van der Waals surface area contributed by atoms with E-state index in [9.17, 15) is 0 Å². The van der Waals surface area contributed by atoms with Crippen molar-refractivity contribution in [1.82, 2.24) is 9.88 Å². The molecule has 1 atom stereocenters. The van der Waals surface area contributed by atoms with Crippen LogP contribution in [0.3, 0.4) is 0 Å². The molecule has 1 aliphatic carbocycles. The Labute approximate surface area is 162 Å². The molecule has 2 N–H and O–H groups in total. The van der Waals surface area contributed by atoms with E-state index in [-0.39, 0.29) is 24.0 Å². The Bertz CT molecular complexity index is 546. The van der Waals surface area contributed by atoms with Crippen LogP contribution in [0.4, 0.5) is 0 Å². The molecule has 134 valence electrons. The van der Waals surface area contributed by atoms with Crippen LogP contribution in [0.25, 0.3) is 0 Å². The average Bonchev–Trinajstić information content (AvgIpc) is 3.06. The summed E-state index contributed by atoms with van der Waals surface area (Å²) >= 11 is 0. The Kier molecular flexibility index (Phi) is 7.58. The first-order valence-corrected chi connectivity index (χ1v) is 8.87. The molecule has 0 spiro atoms. The van der Waals surface area contributed by atoms with Crippen molar-refractivity contribution in [2.45, 2.75) is 58.1 Å². The number of nitrogens with zero attached hydrogens (tertiary/aromatic N) is 3. The Morgan fingerprint density at radius 1 is 1.33 bits per heavy atom. The highest BCUT2D eigenvalue weighted by atomic mass is 127. The Morgan fingerprint density at radius 3 is 2.88 bits per heavy atom. The predicted molar refractivity (Wildman–Crippen MR) is 108 cm³/mol. The molecule has 5 nitrogen and oxygen atoms in total. The summed E-state index contributed by atoms with van der Waals surface area (Å²) in [4.78, 5) is 11.1. The van der Waals surface area contributed by atoms with E-state index < -0.39 is 0 Å². The van der Waals surface area contributed by atoms with Gasteiger partial charge in [-0.05, 0) is 56.1 Å². The van der Waals surface area contributed by atoms with Crippen LogP contribution >= 0.6 is 24.0 Å². The summed E-state index contributed by atoms with van der Waals surface area (Å²) in [5.41, 5.74) is 7.26. The number of rotatable bonds is 4. The summed E-state index contributed by atoms with van der Waals surface area (Å²) in [6, 6.07) is 3.98. The van der Waals surface area contributed by atoms with Gasteiger partial charge < -0.3 is 15.4 Å².